The molecule has 13 heavy (non-hydrogen) atoms. The summed E-state index contributed by atoms with van der Waals surface area (Å²) in [4.78, 5) is 11.6. The van der Waals surface area contributed by atoms with E-state index in [1.54, 1.807) is 0 Å². The van der Waals surface area contributed by atoms with Crippen molar-refractivity contribution in [2.75, 3.05) is 0 Å². The van der Waals surface area contributed by atoms with Crippen molar-refractivity contribution in [3.8, 4) is 0 Å². The van der Waals surface area contributed by atoms with E-state index in [2.05, 4.69) is 0 Å². The summed E-state index contributed by atoms with van der Waals surface area (Å²) in [5, 5.41) is 0. The summed E-state index contributed by atoms with van der Waals surface area (Å²) < 4.78 is 5.48. The Morgan fingerprint density at radius 3 is 2.77 bits per heavy atom. The monoisotopic (exact) mass is 180 g/mol. The summed E-state index contributed by atoms with van der Waals surface area (Å²) in [6.45, 7) is 0. The first-order valence-electron chi connectivity index (χ1n) is 5.52. The molecule has 4 unspecified atom stereocenters. The van der Waals surface area contributed by atoms with Crippen LogP contribution >= 0.6 is 0 Å². The van der Waals surface area contributed by atoms with E-state index in [-0.39, 0.29) is 18.0 Å². The zero-order chi connectivity index (χ0) is 8.84. The van der Waals surface area contributed by atoms with Crippen molar-refractivity contribution in [2.24, 2.45) is 17.8 Å². The molecule has 2 saturated carbocycles. The maximum Gasteiger partial charge on any atom is 0.309 e. The van der Waals surface area contributed by atoms with Crippen LogP contribution in [0.25, 0.3) is 0 Å². The highest BCUT2D eigenvalue weighted by Crippen LogP contribution is 2.44. The molecule has 4 atom stereocenters. The van der Waals surface area contributed by atoms with Crippen LogP contribution in [0.3, 0.4) is 0 Å². The van der Waals surface area contributed by atoms with Gasteiger partial charge in [-0.3, -0.25) is 4.79 Å². The van der Waals surface area contributed by atoms with Crippen molar-refractivity contribution in [3.63, 3.8) is 0 Å². The highest BCUT2D eigenvalue weighted by molar-refractivity contribution is 5.73. The summed E-state index contributed by atoms with van der Waals surface area (Å²) in [6.07, 6.45) is 7.42. The van der Waals surface area contributed by atoms with Crippen LogP contribution in [0.2, 0.25) is 0 Å². The van der Waals surface area contributed by atoms with Gasteiger partial charge >= 0.3 is 5.97 Å². The second-order valence-corrected chi connectivity index (χ2v) is 5.01. The van der Waals surface area contributed by atoms with Crippen LogP contribution in [0, 0.1) is 17.8 Å². The van der Waals surface area contributed by atoms with Gasteiger partial charge in [0, 0.05) is 0 Å². The summed E-state index contributed by atoms with van der Waals surface area (Å²) >= 11 is 0. The quantitative estimate of drug-likeness (QED) is 0.534. The van der Waals surface area contributed by atoms with Gasteiger partial charge < -0.3 is 4.74 Å². The molecule has 1 saturated heterocycles. The first kappa shape index (κ1) is 7.84. The predicted molar refractivity (Wildman–Crippen MR) is 48.1 cm³/mol. The van der Waals surface area contributed by atoms with Crippen molar-refractivity contribution < 1.29 is 9.53 Å². The van der Waals surface area contributed by atoms with E-state index >= 15 is 0 Å². The van der Waals surface area contributed by atoms with Gasteiger partial charge in [-0.05, 0) is 50.4 Å². The molecule has 2 nitrogen and oxygen atoms in total. The molecule has 3 fully saturated rings. The van der Waals surface area contributed by atoms with Crippen LogP contribution in [-0.4, -0.2) is 12.1 Å². The molecule has 0 amide bonds. The first-order chi connectivity index (χ1) is 6.31. The number of rotatable bonds is 0. The lowest BCUT2D eigenvalue weighted by atomic mass is 9.79. The molecule has 3 rings (SSSR count). The van der Waals surface area contributed by atoms with E-state index in [1.165, 1.54) is 12.8 Å². The molecular weight excluding hydrogens is 164 g/mol. The number of fused-ring (bicyclic) bond motifs is 3. The highest BCUT2D eigenvalue weighted by atomic mass is 16.5. The fourth-order valence-electron chi connectivity index (χ4n) is 3.46. The average molecular weight is 180 g/mol. The fraction of sp³-hybridized carbons (Fsp3) is 0.909. The minimum Gasteiger partial charge on any atom is -0.462 e. The molecular formula is C11H16O2. The molecule has 0 aromatic heterocycles. The molecule has 0 aromatic rings. The molecule has 72 valence electrons. The molecule has 0 aromatic carbocycles. The highest BCUT2D eigenvalue weighted by Gasteiger charge is 2.41. The molecule has 0 radical (unpaired) electrons. The Hall–Kier alpha value is -0.530. The summed E-state index contributed by atoms with van der Waals surface area (Å²) in [7, 11) is 0. The lowest BCUT2D eigenvalue weighted by molar-refractivity contribution is -0.155. The van der Waals surface area contributed by atoms with Crippen LogP contribution in [0.1, 0.15) is 38.5 Å². The maximum atomic E-state index is 11.6. The van der Waals surface area contributed by atoms with Crippen LogP contribution < -0.4 is 0 Å². The van der Waals surface area contributed by atoms with Gasteiger partial charge in [0.2, 0.25) is 0 Å². The second-order valence-electron chi connectivity index (χ2n) is 5.01. The van der Waals surface area contributed by atoms with Gasteiger partial charge in [-0.1, -0.05) is 0 Å². The lowest BCUT2D eigenvalue weighted by Crippen LogP contribution is -2.29. The Labute approximate surface area is 78.6 Å². The zero-order valence-electron chi connectivity index (χ0n) is 7.87. The largest absolute Gasteiger partial charge is 0.462 e. The Kier molecular flexibility index (Phi) is 1.64. The van der Waals surface area contributed by atoms with Gasteiger partial charge in [0.1, 0.15) is 6.10 Å². The summed E-state index contributed by atoms with van der Waals surface area (Å²) in [5.41, 5.74) is 0. The number of hydrogen-bond donors (Lipinski definition) is 0. The summed E-state index contributed by atoms with van der Waals surface area (Å²) in [5.74, 6) is 2.01. The number of carbonyl (C=O) groups excluding carboxylic acids is 1. The van der Waals surface area contributed by atoms with E-state index in [1.807, 2.05) is 0 Å². The van der Waals surface area contributed by atoms with Crippen molar-refractivity contribution in [1.29, 1.82) is 0 Å². The third-order valence-corrected chi connectivity index (χ3v) is 4.02. The van der Waals surface area contributed by atoms with Gasteiger partial charge in [0.05, 0.1) is 5.92 Å². The molecule has 3 aliphatic rings. The van der Waals surface area contributed by atoms with Gasteiger partial charge in [-0.15, -0.1) is 0 Å². The van der Waals surface area contributed by atoms with E-state index in [0.29, 0.717) is 0 Å². The minimum absolute atomic E-state index is 0.104. The van der Waals surface area contributed by atoms with E-state index in [4.69, 9.17) is 4.74 Å². The Bertz CT molecular complexity index is 234. The Morgan fingerprint density at radius 2 is 1.85 bits per heavy atom. The average Bonchev–Trinajstić information content (AvgIpc) is 2.29. The number of carbonyl (C=O) groups is 1. The fourth-order valence-corrected chi connectivity index (χ4v) is 3.46. The Balaban J connectivity index is 1.93. The van der Waals surface area contributed by atoms with Crippen molar-refractivity contribution in [1.82, 2.24) is 0 Å². The standard InChI is InChI=1S/C11H16O2/c12-11-9-2-1-7-3-8(4-9)6-10(5-7)13-11/h7-10H,1-6H2. The Morgan fingerprint density at radius 1 is 1.00 bits per heavy atom. The molecule has 0 spiro atoms. The van der Waals surface area contributed by atoms with Crippen LogP contribution in [0.5, 0.6) is 0 Å². The van der Waals surface area contributed by atoms with Gasteiger partial charge in [0.25, 0.3) is 0 Å². The molecule has 2 heteroatoms. The lowest BCUT2D eigenvalue weighted by Gasteiger charge is -2.31. The van der Waals surface area contributed by atoms with Gasteiger partial charge in [-0.2, -0.15) is 0 Å². The van der Waals surface area contributed by atoms with Crippen LogP contribution in [0.4, 0.5) is 0 Å². The van der Waals surface area contributed by atoms with Crippen molar-refractivity contribution in [3.05, 3.63) is 0 Å². The molecule has 1 heterocycles. The maximum absolute atomic E-state index is 11.6. The zero-order valence-corrected chi connectivity index (χ0v) is 7.87. The number of hydrogen-bond acceptors (Lipinski definition) is 2. The molecule has 4 bridgehead atoms. The number of ether oxygens (including phenoxy) is 1. The van der Waals surface area contributed by atoms with E-state index in [0.717, 1.165) is 37.5 Å². The molecule has 2 aliphatic carbocycles. The predicted octanol–water partition coefficient (Wildman–Crippen LogP) is 2.13. The second kappa shape index (κ2) is 2.73. The van der Waals surface area contributed by atoms with Gasteiger partial charge in [0.15, 0.2) is 0 Å². The van der Waals surface area contributed by atoms with E-state index in [9.17, 15) is 4.79 Å². The van der Waals surface area contributed by atoms with E-state index < -0.39 is 0 Å². The first-order valence-corrected chi connectivity index (χ1v) is 5.52. The molecule has 1 aliphatic heterocycles. The van der Waals surface area contributed by atoms with Crippen LogP contribution in [0.15, 0.2) is 0 Å². The normalized spacial score (nSPS) is 48.5. The third kappa shape index (κ3) is 1.27. The minimum atomic E-state index is 0.104. The van der Waals surface area contributed by atoms with Crippen molar-refractivity contribution in [2.45, 2.75) is 44.6 Å². The smallest absolute Gasteiger partial charge is 0.309 e. The third-order valence-electron chi connectivity index (χ3n) is 4.02. The topological polar surface area (TPSA) is 26.3 Å². The number of esters is 1. The summed E-state index contributed by atoms with van der Waals surface area (Å²) in [6, 6.07) is 0. The van der Waals surface area contributed by atoms with Gasteiger partial charge in [-0.25, -0.2) is 0 Å². The van der Waals surface area contributed by atoms with Crippen LogP contribution in [-0.2, 0) is 9.53 Å². The molecule has 0 N–H and O–H groups in total. The van der Waals surface area contributed by atoms with Crippen molar-refractivity contribution >= 4 is 5.97 Å². The SMILES string of the molecule is O=C1OC2CC3CCC1CC(C3)C2.